The van der Waals surface area contributed by atoms with Gasteiger partial charge in [0.25, 0.3) is 0 Å². The summed E-state index contributed by atoms with van der Waals surface area (Å²) in [7, 11) is 0. The molecular formula is C10H19Cl. The minimum absolute atomic E-state index is 0.429. The zero-order valence-electron chi connectivity index (χ0n) is 7.70. The summed E-state index contributed by atoms with van der Waals surface area (Å²) >= 11 is 5.99. The van der Waals surface area contributed by atoms with Crippen LogP contribution in [-0.4, -0.2) is 5.88 Å². The predicted molar refractivity (Wildman–Crippen MR) is 51.1 cm³/mol. The van der Waals surface area contributed by atoms with Crippen molar-refractivity contribution in [3.05, 3.63) is 0 Å². The molecule has 66 valence electrons. The van der Waals surface area contributed by atoms with Crippen LogP contribution < -0.4 is 0 Å². The fourth-order valence-corrected chi connectivity index (χ4v) is 2.52. The molecule has 0 aromatic heterocycles. The molecule has 0 aromatic carbocycles. The van der Waals surface area contributed by atoms with Crippen molar-refractivity contribution >= 4 is 11.6 Å². The van der Waals surface area contributed by atoms with Gasteiger partial charge in [0.05, 0.1) is 0 Å². The van der Waals surface area contributed by atoms with Gasteiger partial charge in [0, 0.05) is 5.88 Å². The van der Waals surface area contributed by atoms with E-state index in [0.29, 0.717) is 5.41 Å². The van der Waals surface area contributed by atoms with Crippen LogP contribution in [0.3, 0.4) is 0 Å². The Morgan fingerprint density at radius 2 is 1.91 bits per heavy atom. The number of hydrogen-bond acceptors (Lipinski definition) is 0. The summed E-state index contributed by atoms with van der Waals surface area (Å²) in [6.07, 6.45) is 6.92. The van der Waals surface area contributed by atoms with Crippen LogP contribution >= 0.6 is 11.6 Å². The quantitative estimate of drug-likeness (QED) is 0.571. The van der Waals surface area contributed by atoms with Gasteiger partial charge >= 0.3 is 0 Å². The lowest BCUT2D eigenvalue weighted by Crippen LogP contribution is -2.26. The van der Waals surface area contributed by atoms with Crippen LogP contribution in [0.1, 0.15) is 46.0 Å². The molecule has 0 aromatic rings. The molecule has 1 saturated carbocycles. The largest absolute Gasteiger partial charge is 0.126 e. The van der Waals surface area contributed by atoms with E-state index in [2.05, 4.69) is 13.8 Å². The average Bonchev–Trinajstić information content (AvgIpc) is 2.55. The van der Waals surface area contributed by atoms with E-state index >= 15 is 0 Å². The smallest absolute Gasteiger partial charge is 0.0279 e. The molecule has 0 N–H and O–H groups in total. The molecular weight excluding hydrogens is 156 g/mol. The van der Waals surface area contributed by atoms with E-state index in [1.165, 1.54) is 32.1 Å². The molecule has 0 radical (unpaired) electrons. The molecule has 0 saturated heterocycles. The Bertz CT molecular complexity index is 110. The minimum atomic E-state index is 0.429. The molecule has 0 aliphatic heterocycles. The number of hydrogen-bond donors (Lipinski definition) is 0. The second-order valence-corrected chi connectivity index (χ2v) is 4.39. The van der Waals surface area contributed by atoms with Gasteiger partial charge in [0.15, 0.2) is 0 Å². The lowest BCUT2D eigenvalue weighted by atomic mass is 9.76. The predicted octanol–water partition coefficient (Wildman–Crippen LogP) is 3.83. The van der Waals surface area contributed by atoms with Gasteiger partial charge < -0.3 is 0 Å². The van der Waals surface area contributed by atoms with Crippen LogP contribution in [0.4, 0.5) is 0 Å². The van der Waals surface area contributed by atoms with Gasteiger partial charge in [0.2, 0.25) is 0 Å². The summed E-state index contributed by atoms with van der Waals surface area (Å²) in [6.45, 7) is 4.61. The maximum atomic E-state index is 5.99. The van der Waals surface area contributed by atoms with Crippen molar-refractivity contribution in [2.75, 3.05) is 5.88 Å². The number of rotatable bonds is 3. The van der Waals surface area contributed by atoms with Crippen LogP contribution in [0.2, 0.25) is 0 Å². The van der Waals surface area contributed by atoms with Crippen molar-refractivity contribution in [1.82, 2.24) is 0 Å². The molecule has 1 aliphatic rings. The van der Waals surface area contributed by atoms with Crippen molar-refractivity contribution in [2.45, 2.75) is 46.0 Å². The van der Waals surface area contributed by atoms with Crippen LogP contribution in [-0.2, 0) is 0 Å². The molecule has 0 heterocycles. The summed E-state index contributed by atoms with van der Waals surface area (Å²) in [5.74, 6) is 1.75. The maximum Gasteiger partial charge on any atom is 0.0279 e. The molecule has 1 rings (SSSR count). The SMILES string of the molecule is CCC(C)(CCl)C1CCCC1. The molecule has 11 heavy (non-hydrogen) atoms. The topological polar surface area (TPSA) is 0 Å². The van der Waals surface area contributed by atoms with E-state index in [4.69, 9.17) is 11.6 Å². The van der Waals surface area contributed by atoms with E-state index in [1.54, 1.807) is 0 Å². The fourth-order valence-electron chi connectivity index (χ4n) is 2.12. The molecule has 1 fully saturated rings. The first-order valence-corrected chi connectivity index (χ1v) is 5.32. The van der Waals surface area contributed by atoms with Crippen LogP contribution in [0.5, 0.6) is 0 Å². The molecule has 0 amide bonds. The Morgan fingerprint density at radius 1 is 1.36 bits per heavy atom. The summed E-state index contributed by atoms with van der Waals surface area (Å²) in [5, 5.41) is 0. The van der Waals surface area contributed by atoms with Crippen LogP contribution in [0, 0.1) is 11.3 Å². The molecule has 1 aliphatic carbocycles. The summed E-state index contributed by atoms with van der Waals surface area (Å²) in [6, 6.07) is 0. The summed E-state index contributed by atoms with van der Waals surface area (Å²) < 4.78 is 0. The van der Waals surface area contributed by atoms with Crippen molar-refractivity contribution in [3.8, 4) is 0 Å². The van der Waals surface area contributed by atoms with Crippen molar-refractivity contribution in [3.63, 3.8) is 0 Å². The summed E-state index contributed by atoms with van der Waals surface area (Å²) in [4.78, 5) is 0. The number of halogens is 1. The standard InChI is InChI=1S/C10H19Cl/c1-3-10(2,8-11)9-6-4-5-7-9/h9H,3-8H2,1-2H3. The maximum absolute atomic E-state index is 5.99. The Kier molecular flexibility index (Phi) is 3.24. The number of alkyl halides is 1. The van der Waals surface area contributed by atoms with Gasteiger partial charge in [0.1, 0.15) is 0 Å². The molecule has 0 bridgehead atoms. The van der Waals surface area contributed by atoms with Crippen molar-refractivity contribution < 1.29 is 0 Å². The molecule has 0 nitrogen and oxygen atoms in total. The highest BCUT2D eigenvalue weighted by atomic mass is 35.5. The first-order chi connectivity index (χ1) is 5.23. The second kappa shape index (κ2) is 3.80. The Hall–Kier alpha value is 0.290. The normalized spacial score (nSPS) is 25.4. The van der Waals surface area contributed by atoms with Gasteiger partial charge in [-0.2, -0.15) is 0 Å². The van der Waals surface area contributed by atoms with Gasteiger partial charge in [-0.1, -0.05) is 26.7 Å². The van der Waals surface area contributed by atoms with Crippen molar-refractivity contribution in [1.29, 1.82) is 0 Å². The monoisotopic (exact) mass is 174 g/mol. The Balaban J connectivity index is 2.52. The molecule has 1 atom stereocenters. The van der Waals surface area contributed by atoms with Gasteiger partial charge in [-0.3, -0.25) is 0 Å². The van der Waals surface area contributed by atoms with E-state index < -0.39 is 0 Å². The lowest BCUT2D eigenvalue weighted by molar-refractivity contribution is 0.213. The highest BCUT2D eigenvalue weighted by Gasteiger charge is 2.33. The Labute approximate surface area is 75.3 Å². The first-order valence-electron chi connectivity index (χ1n) is 4.79. The second-order valence-electron chi connectivity index (χ2n) is 4.12. The average molecular weight is 175 g/mol. The van der Waals surface area contributed by atoms with Crippen LogP contribution in [0.15, 0.2) is 0 Å². The van der Waals surface area contributed by atoms with E-state index in [1.807, 2.05) is 0 Å². The van der Waals surface area contributed by atoms with Gasteiger partial charge in [-0.05, 0) is 30.6 Å². The lowest BCUT2D eigenvalue weighted by Gasteiger charge is -2.32. The zero-order chi connectivity index (χ0) is 8.32. The van der Waals surface area contributed by atoms with Crippen LogP contribution in [0.25, 0.3) is 0 Å². The fraction of sp³-hybridized carbons (Fsp3) is 1.00. The van der Waals surface area contributed by atoms with Gasteiger partial charge in [-0.15, -0.1) is 11.6 Å². The minimum Gasteiger partial charge on any atom is -0.126 e. The molecule has 1 heteroatoms. The van der Waals surface area contributed by atoms with E-state index in [-0.39, 0.29) is 0 Å². The van der Waals surface area contributed by atoms with E-state index in [0.717, 1.165) is 11.8 Å². The highest BCUT2D eigenvalue weighted by Crippen LogP contribution is 2.42. The molecule has 0 spiro atoms. The third-order valence-corrected chi connectivity index (χ3v) is 4.06. The third-order valence-electron chi connectivity index (χ3n) is 3.45. The first kappa shape index (κ1) is 9.38. The third kappa shape index (κ3) is 1.90. The summed E-state index contributed by atoms with van der Waals surface area (Å²) in [5.41, 5.74) is 0.429. The Morgan fingerprint density at radius 3 is 2.27 bits per heavy atom. The van der Waals surface area contributed by atoms with E-state index in [9.17, 15) is 0 Å². The van der Waals surface area contributed by atoms with Gasteiger partial charge in [-0.25, -0.2) is 0 Å². The molecule has 1 unspecified atom stereocenters. The zero-order valence-corrected chi connectivity index (χ0v) is 8.45. The highest BCUT2D eigenvalue weighted by molar-refractivity contribution is 6.18. The van der Waals surface area contributed by atoms with Crippen molar-refractivity contribution in [2.24, 2.45) is 11.3 Å².